The Hall–Kier alpha value is -0.860. The number of carbonyl (C=O) groups is 2. The Kier molecular flexibility index (Phi) is 4.30. The zero-order valence-corrected chi connectivity index (χ0v) is 9.97. The molecule has 0 aromatic carbocycles. The van der Waals surface area contributed by atoms with Crippen LogP contribution < -0.4 is 5.32 Å². The van der Waals surface area contributed by atoms with Crippen LogP contribution in [0.25, 0.3) is 0 Å². The minimum Gasteiger partial charge on any atom is -0.296 e. The maximum absolute atomic E-state index is 11.6. The van der Waals surface area contributed by atoms with Crippen molar-refractivity contribution < 1.29 is 9.59 Å². The first-order valence-electron chi connectivity index (χ1n) is 5.01. The van der Waals surface area contributed by atoms with Crippen LogP contribution in [-0.4, -0.2) is 11.8 Å². The third-order valence-electron chi connectivity index (χ3n) is 3.30. The molecule has 0 fully saturated rings. The smallest absolute Gasteiger partial charge is 0.229 e. The zero-order valence-electron chi connectivity index (χ0n) is 9.97. The first-order valence-corrected chi connectivity index (χ1v) is 5.01. The molecule has 3 nitrogen and oxygen atoms in total. The quantitative estimate of drug-likeness (QED) is 0.755. The monoisotopic (exact) mass is 199 g/mol. The van der Waals surface area contributed by atoms with Crippen LogP contribution in [0, 0.1) is 17.3 Å². The van der Waals surface area contributed by atoms with E-state index in [0.717, 1.165) is 0 Å². The van der Waals surface area contributed by atoms with Gasteiger partial charge < -0.3 is 0 Å². The summed E-state index contributed by atoms with van der Waals surface area (Å²) >= 11 is 0. The summed E-state index contributed by atoms with van der Waals surface area (Å²) in [6, 6.07) is 0. The average Bonchev–Trinajstić information content (AvgIpc) is 2.01. The average molecular weight is 199 g/mol. The summed E-state index contributed by atoms with van der Waals surface area (Å²) in [5, 5.41) is 2.33. The van der Waals surface area contributed by atoms with Crippen LogP contribution in [0.1, 0.15) is 41.5 Å². The largest absolute Gasteiger partial charge is 0.296 e. The topological polar surface area (TPSA) is 46.2 Å². The highest BCUT2D eigenvalue weighted by molar-refractivity contribution is 5.95. The molecule has 0 bridgehead atoms. The number of hydrogen-bond donors (Lipinski definition) is 1. The van der Waals surface area contributed by atoms with Crippen LogP contribution in [0.5, 0.6) is 0 Å². The molecule has 0 radical (unpaired) electrons. The summed E-state index contributed by atoms with van der Waals surface area (Å²) in [6.45, 7) is 11.5. The van der Waals surface area contributed by atoms with E-state index in [0.29, 0.717) is 5.92 Å². The Morgan fingerprint density at radius 1 is 1.14 bits per heavy atom. The number of hydrogen-bond acceptors (Lipinski definition) is 2. The lowest BCUT2D eigenvalue weighted by molar-refractivity contribution is -0.134. The molecule has 14 heavy (non-hydrogen) atoms. The van der Waals surface area contributed by atoms with Crippen LogP contribution in [-0.2, 0) is 9.59 Å². The Morgan fingerprint density at radius 2 is 1.57 bits per heavy atom. The molecule has 0 aromatic heterocycles. The summed E-state index contributed by atoms with van der Waals surface area (Å²) < 4.78 is 0. The van der Waals surface area contributed by atoms with E-state index in [9.17, 15) is 9.59 Å². The van der Waals surface area contributed by atoms with Crippen LogP contribution in [0.3, 0.4) is 0 Å². The fourth-order valence-electron chi connectivity index (χ4n) is 1.12. The lowest BCUT2D eigenvalue weighted by Crippen LogP contribution is -2.41. The van der Waals surface area contributed by atoms with E-state index in [-0.39, 0.29) is 23.1 Å². The molecule has 0 saturated carbocycles. The number of amides is 2. The summed E-state index contributed by atoms with van der Waals surface area (Å²) in [5.74, 6) is -0.237. The number of nitrogens with one attached hydrogen (secondary N) is 1. The second-order valence-electron chi connectivity index (χ2n) is 4.74. The predicted octanol–water partition coefficient (Wildman–Crippen LogP) is 1.97. The van der Waals surface area contributed by atoms with Gasteiger partial charge in [0.15, 0.2) is 0 Å². The molecule has 2 amide bonds. The second kappa shape index (κ2) is 4.58. The van der Waals surface area contributed by atoms with Gasteiger partial charge in [0.05, 0.1) is 0 Å². The minimum absolute atomic E-state index is 0.0977. The lowest BCUT2D eigenvalue weighted by Gasteiger charge is -2.34. The highest BCUT2D eigenvalue weighted by Crippen LogP contribution is 2.34. The lowest BCUT2D eigenvalue weighted by atomic mass is 9.71. The molecule has 1 unspecified atom stereocenters. The maximum atomic E-state index is 11.6. The van der Waals surface area contributed by atoms with E-state index >= 15 is 0 Å². The van der Waals surface area contributed by atoms with Gasteiger partial charge in [-0.2, -0.15) is 0 Å². The van der Waals surface area contributed by atoms with Gasteiger partial charge in [0.25, 0.3) is 0 Å². The Balaban J connectivity index is 4.53. The fraction of sp³-hybridized carbons (Fsp3) is 0.818. The van der Waals surface area contributed by atoms with Gasteiger partial charge in [0.2, 0.25) is 11.8 Å². The molecule has 0 rings (SSSR count). The third-order valence-corrected chi connectivity index (χ3v) is 3.30. The minimum atomic E-state index is -0.290. The van der Waals surface area contributed by atoms with Gasteiger partial charge in [0.1, 0.15) is 0 Å². The molecule has 0 aliphatic rings. The molecule has 0 heterocycles. The van der Waals surface area contributed by atoms with Crippen LogP contribution in [0.4, 0.5) is 0 Å². The Bertz CT molecular complexity index is 231. The SMILES string of the molecule is CC(=O)NC(=O)C(C)C(C)(C)C(C)C. The normalized spacial score (nSPS) is 13.9. The molecule has 0 aromatic rings. The molecule has 0 aliphatic heterocycles. The Morgan fingerprint density at radius 3 is 1.86 bits per heavy atom. The van der Waals surface area contributed by atoms with Crippen molar-refractivity contribution in [1.82, 2.24) is 5.32 Å². The number of rotatable bonds is 3. The van der Waals surface area contributed by atoms with Crippen molar-refractivity contribution in [3.05, 3.63) is 0 Å². The molecule has 0 spiro atoms. The van der Waals surface area contributed by atoms with Crippen molar-refractivity contribution in [2.75, 3.05) is 0 Å². The molecule has 1 N–H and O–H groups in total. The number of carbonyl (C=O) groups excluding carboxylic acids is 2. The van der Waals surface area contributed by atoms with Crippen molar-refractivity contribution in [3.8, 4) is 0 Å². The van der Waals surface area contributed by atoms with E-state index in [1.165, 1.54) is 6.92 Å². The Labute approximate surface area is 86.3 Å². The van der Waals surface area contributed by atoms with Gasteiger partial charge in [-0.15, -0.1) is 0 Å². The zero-order chi connectivity index (χ0) is 11.5. The van der Waals surface area contributed by atoms with Gasteiger partial charge >= 0.3 is 0 Å². The van der Waals surface area contributed by atoms with Gasteiger partial charge in [-0.05, 0) is 11.3 Å². The van der Waals surface area contributed by atoms with Crippen LogP contribution in [0.15, 0.2) is 0 Å². The van der Waals surface area contributed by atoms with E-state index in [1.54, 1.807) is 0 Å². The third kappa shape index (κ3) is 3.13. The van der Waals surface area contributed by atoms with Gasteiger partial charge in [-0.3, -0.25) is 14.9 Å². The molecule has 0 saturated heterocycles. The summed E-state index contributed by atoms with van der Waals surface area (Å²) in [7, 11) is 0. The van der Waals surface area contributed by atoms with Crippen molar-refractivity contribution >= 4 is 11.8 Å². The van der Waals surface area contributed by atoms with E-state index in [1.807, 2.05) is 20.8 Å². The summed E-state index contributed by atoms with van der Waals surface area (Å²) in [5.41, 5.74) is -0.0977. The van der Waals surface area contributed by atoms with Crippen molar-refractivity contribution in [1.29, 1.82) is 0 Å². The predicted molar refractivity (Wildman–Crippen MR) is 56.6 cm³/mol. The molecule has 82 valence electrons. The van der Waals surface area contributed by atoms with E-state index in [4.69, 9.17) is 0 Å². The maximum Gasteiger partial charge on any atom is 0.229 e. The highest BCUT2D eigenvalue weighted by Gasteiger charge is 2.34. The molecular formula is C11H21NO2. The van der Waals surface area contributed by atoms with E-state index < -0.39 is 0 Å². The standard InChI is InChI=1S/C11H21NO2/c1-7(2)11(5,6)8(3)10(14)12-9(4)13/h7-8H,1-6H3,(H,12,13,14). The molecule has 1 atom stereocenters. The summed E-state index contributed by atoms with van der Waals surface area (Å²) in [6.07, 6.45) is 0. The van der Waals surface area contributed by atoms with E-state index in [2.05, 4.69) is 19.2 Å². The molecular weight excluding hydrogens is 178 g/mol. The van der Waals surface area contributed by atoms with Gasteiger partial charge in [0, 0.05) is 12.8 Å². The van der Waals surface area contributed by atoms with Gasteiger partial charge in [-0.1, -0.05) is 34.6 Å². The van der Waals surface area contributed by atoms with Crippen molar-refractivity contribution in [3.63, 3.8) is 0 Å². The van der Waals surface area contributed by atoms with Crippen molar-refractivity contribution in [2.24, 2.45) is 17.3 Å². The van der Waals surface area contributed by atoms with Crippen molar-refractivity contribution in [2.45, 2.75) is 41.5 Å². The first-order chi connectivity index (χ1) is 6.19. The van der Waals surface area contributed by atoms with Crippen LogP contribution >= 0.6 is 0 Å². The second-order valence-corrected chi connectivity index (χ2v) is 4.74. The number of imide groups is 1. The highest BCUT2D eigenvalue weighted by atomic mass is 16.2. The van der Waals surface area contributed by atoms with Crippen LogP contribution in [0.2, 0.25) is 0 Å². The first kappa shape index (κ1) is 13.1. The molecule has 3 heteroatoms. The van der Waals surface area contributed by atoms with Gasteiger partial charge in [-0.25, -0.2) is 0 Å². The fourth-order valence-corrected chi connectivity index (χ4v) is 1.12. The summed E-state index contributed by atoms with van der Waals surface area (Å²) in [4.78, 5) is 22.3. The molecule has 0 aliphatic carbocycles.